The van der Waals surface area contributed by atoms with Crippen molar-refractivity contribution in [2.24, 2.45) is 4.99 Å². The predicted molar refractivity (Wildman–Crippen MR) is 105 cm³/mol. The maximum absolute atomic E-state index is 12.1. The summed E-state index contributed by atoms with van der Waals surface area (Å²) in [5, 5.41) is 0.515. The van der Waals surface area contributed by atoms with E-state index in [9.17, 15) is 13.2 Å². The van der Waals surface area contributed by atoms with Crippen LogP contribution in [0.25, 0.3) is 0 Å². The summed E-state index contributed by atoms with van der Waals surface area (Å²) in [4.78, 5) is 17.8. The van der Waals surface area contributed by atoms with Crippen LogP contribution in [0.2, 0.25) is 5.02 Å². The number of aliphatic imine (C=N–C) groups is 1. The molecule has 8 nitrogen and oxygen atoms in total. The fraction of sp³-hybridized carbons (Fsp3) is 0.500. The van der Waals surface area contributed by atoms with Gasteiger partial charge < -0.3 is 19.1 Å². The molecule has 1 aromatic carbocycles. The molecule has 0 aromatic heterocycles. The van der Waals surface area contributed by atoms with Crippen LogP contribution >= 0.6 is 23.4 Å². The second-order valence-corrected chi connectivity index (χ2v) is 9.82. The van der Waals surface area contributed by atoms with Crippen LogP contribution in [-0.4, -0.2) is 70.2 Å². The topological polar surface area (TPSA) is 94.5 Å². The number of amides is 1. The summed E-state index contributed by atoms with van der Waals surface area (Å²) in [5.41, 5.74) is 0.532. The number of amidine groups is 1. The highest BCUT2D eigenvalue weighted by molar-refractivity contribution is 8.16. The molecule has 2 aliphatic heterocycles. The van der Waals surface area contributed by atoms with Crippen LogP contribution in [0.5, 0.6) is 11.5 Å². The predicted octanol–water partition coefficient (Wildman–Crippen LogP) is 1.60. The lowest BCUT2D eigenvalue weighted by Crippen LogP contribution is -2.38. The van der Waals surface area contributed by atoms with Gasteiger partial charge in [0.2, 0.25) is 0 Å². The third-order valence-electron chi connectivity index (χ3n) is 4.27. The Morgan fingerprint density at radius 1 is 1.26 bits per heavy atom. The number of halogens is 1. The van der Waals surface area contributed by atoms with Crippen LogP contribution in [0.1, 0.15) is 0 Å². The Labute approximate surface area is 166 Å². The summed E-state index contributed by atoms with van der Waals surface area (Å²) < 4.78 is 39.8. The van der Waals surface area contributed by atoms with Crippen molar-refractivity contribution in [1.29, 1.82) is 0 Å². The second-order valence-electron chi connectivity index (χ2n) is 6.05. The first-order valence-electron chi connectivity index (χ1n) is 7.98. The van der Waals surface area contributed by atoms with Gasteiger partial charge in [0, 0.05) is 18.4 Å². The number of anilines is 1. The van der Waals surface area contributed by atoms with Crippen molar-refractivity contribution < 1.29 is 27.4 Å². The zero-order valence-electron chi connectivity index (χ0n) is 15.0. The van der Waals surface area contributed by atoms with E-state index in [0.717, 1.165) is 0 Å². The summed E-state index contributed by atoms with van der Waals surface area (Å²) >= 11 is 7.55. The Kier molecular flexibility index (Phi) is 5.90. The number of rotatable bonds is 5. The first-order valence-corrected chi connectivity index (χ1v) is 11.1. The Morgan fingerprint density at radius 2 is 1.96 bits per heavy atom. The summed E-state index contributed by atoms with van der Waals surface area (Å²) in [5.74, 6) is 0.408. The number of ether oxygens (including phenoxy) is 3. The smallest absolute Gasteiger partial charge is 0.274 e. The average molecular weight is 435 g/mol. The van der Waals surface area contributed by atoms with E-state index in [0.29, 0.717) is 27.4 Å². The van der Waals surface area contributed by atoms with Gasteiger partial charge in [-0.25, -0.2) is 8.42 Å². The standard InChI is InChI=1S/C16H19ClN2O6S2/c1-23-6-15(20)18-16-19(11-7-27(21,22)8-14(11)26-16)10-4-9(17)12(24-2)5-13(10)25-3/h4-5,11,14H,6-8H2,1-3H3/t11-,14+/m1/s1. The minimum atomic E-state index is -3.18. The molecule has 0 N–H and O–H groups in total. The Morgan fingerprint density at radius 3 is 2.59 bits per heavy atom. The number of thioether (sulfide) groups is 1. The molecule has 0 unspecified atom stereocenters. The van der Waals surface area contributed by atoms with Crippen molar-refractivity contribution >= 4 is 50.0 Å². The highest BCUT2D eigenvalue weighted by Gasteiger charge is 2.50. The molecule has 2 heterocycles. The molecule has 0 bridgehead atoms. The van der Waals surface area contributed by atoms with E-state index in [1.807, 2.05) is 0 Å². The van der Waals surface area contributed by atoms with Gasteiger partial charge >= 0.3 is 0 Å². The first-order chi connectivity index (χ1) is 12.8. The number of fused-ring (bicyclic) bond motifs is 1. The zero-order valence-corrected chi connectivity index (χ0v) is 17.4. The van der Waals surface area contributed by atoms with Crippen LogP contribution in [0.3, 0.4) is 0 Å². The molecule has 1 aromatic rings. The lowest BCUT2D eigenvalue weighted by molar-refractivity contribution is -0.121. The molecule has 148 valence electrons. The normalized spacial score (nSPS) is 24.9. The van der Waals surface area contributed by atoms with Crippen molar-refractivity contribution in [1.82, 2.24) is 0 Å². The van der Waals surface area contributed by atoms with E-state index in [-0.39, 0.29) is 29.4 Å². The largest absolute Gasteiger partial charge is 0.495 e. The molecule has 2 aliphatic rings. The van der Waals surface area contributed by atoms with Crippen LogP contribution < -0.4 is 14.4 Å². The molecule has 2 saturated heterocycles. The number of hydrogen-bond acceptors (Lipinski definition) is 7. The minimum absolute atomic E-state index is 0.0303. The van der Waals surface area contributed by atoms with Crippen LogP contribution in [0, 0.1) is 0 Å². The number of methoxy groups -OCH3 is 3. The SMILES string of the molecule is COCC(=O)N=C1S[C@H]2CS(=O)(=O)C[C@H]2N1c1cc(Cl)c(OC)cc1OC. The van der Waals surface area contributed by atoms with Gasteiger partial charge in [0.05, 0.1) is 42.5 Å². The maximum atomic E-state index is 12.1. The molecule has 0 spiro atoms. The van der Waals surface area contributed by atoms with Gasteiger partial charge in [-0.3, -0.25) is 4.79 Å². The summed E-state index contributed by atoms with van der Waals surface area (Å²) in [6, 6.07) is 2.88. The summed E-state index contributed by atoms with van der Waals surface area (Å²) in [6.07, 6.45) is 0. The van der Waals surface area contributed by atoms with Crippen molar-refractivity contribution in [3.63, 3.8) is 0 Å². The Hall–Kier alpha value is -1.49. The third kappa shape index (κ3) is 4.03. The van der Waals surface area contributed by atoms with Gasteiger partial charge in [0.25, 0.3) is 5.91 Å². The van der Waals surface area contributed by atoms with E-state index in [1.54, 1.807) is 17.0 Å². The van der Waals surface area contributed by atoms with Crippen LogP contribution in [-0.2, 0) is 19.4 Å². The summed E-state index contributed by atoms with van der Waals surface area (Å²) in [6.45, 7) is -0.161. The highest BCUT2D eigenvalue weighted by Crippen LogP contribution is 2.46. The van der Waals surface area contributed by atoms with Gasteiger partial charge in [0.1, 0.15) is 18.1 Å². The molecule has 0 radical (unpaired) electrons. The fourth-order valence-electron chi connectivity index (χ4n) is 3.14. The van der Waals surface area contributed by atoms with E-state index >= 15 is 0 Å². The maximum Gasteiger partial charge on any atom is 0.274 e. The van der Waals surface area contributed by atoms with Crippen molar-refractivity contribution in [3.05, 3.63) is 17.2 Å². The highest BCUT2D eigenvalue weighted by atomic mass is 35.5. The number of carbonyl (C=O) groups excluding carboxylic acids is 1. The molecule has 2 fully saturated rings. The second kappa shape index (κ2) is 7.86. The molecule has 1 amide bonds. The number of nitrogens with zero attached hydrogens (tertiary/aromatic N) is 2. The molecular formula is C16H19ClN2O6S2. The Bertz CT molecular complexity index is 889. The molecule has 3 rings (SSSR count). The number of sulfone groups is 1. The monoisotopic (exact) mass is 434 g/mol. The van der Waals surface area contributed by atoms with Gasteiger partial charge in [-0.2, -0.15) is 4.99 Å². The molecular weight excluding hydrogens is 416 g/mol. The van der Waals surface area contributed by atoms with E-state index < -0.39 is 15.7 Å². The minimum Gasteiger partial charge on any atom is -0.495 e. The average Bonchev–Trinajstić information content (AvgIpc) is 3.05. The van der Waals surface area contributed by atoms with Gasteiger partial charge in [-0.1, -0.05) is 23.4 Å². The van der Waals surface area contributed by atoms with Crippen LogP contribution in [0.4, 0.5) is 5.69 Å². The third-order valence-corrected chi connectivity index (χ3v) is 7.77. The lowest BCUT2D eigenvalue weighted by atomic mass is 10.2. The molecule has 0 saturated carbocycles. The number of hydrogen-bond donors (Lipinski definition) is 0. The van der Waals surface area contributed by atoms with Gasteiger partial charge in [-0.05, 0) is 6.07 Å². The van der Waals surface area contributed by atoms with Crippen LogP contribution in [0.15, 0.2) is 17.1 Å². The van der Waals surface area contributed by atoms with Crippen molar-refractivity contribution in [2.75, 3.05) is 44.3 Å². The van der Waals surface area contributed by atoms with Gasteiger partial charge in [-0.15, -0.1) is 0 Å². The van der Waals surface area contributed by atoms with Crippen molar-refractivity contribution in [2.45, 2.75) is 11.3 Å². The van der Waals surface area contributed by atoms with E-state index in [4.69, 9.17) is 25.8 Å². The summed E-state index contributed by atoms with van der Waals surface area (Å²) in [7, 11) is 1.21. The number of carbonyl (C=O) groups is 1. The quantitative estimate of drug-likeness (QED) is 0.689. The first kappa shape index (κ1) is 20.2. The zero-order chi connectivity index (χ0) is 19.8. The molecule has 0 aliphatic carbocycles. The van der Waals surface area contributed by atoms with Crippen molar-refractivity contribution in [3.8, 4) is 11.5 Å². The van der Waals surface area contributed by atoms with E-state index in [1.165, 1.54) is 33.1 Å². The fourth-order valence-corrected chi connectivity index (χ4v) is 7.30. The lowest BCUT2D eigenvalue weighted by Gasteiger charge is -2.26. The molecule has 11 heteroatoms. The Balaban J connectivity index is 2.10. The molecule has 27 heavy (non-hydrogen) atoms. The molecule has 2 atom stereocenters. The number of benzene rings is 1. The van der Waals surface area contributed by atoms with Gasteiger partial charge in [0.15, 0.2) is 15.0 Å². The van der Waals surface area contributed by atoms with E-state index in [2.05, 4.69) is 4.99 Å².